The SMILES string of the molecule is Cc1ccc(-c2nc3cc(Cl)ccc3o2)cc1NC(=O)C=Cc1ccc(Cl)cc1. The Morgan fingerprint density at radius 1 is 1.00 bits per heavy atom. The van der Waals surface area contributed by atoms with Crippen molar-refractivity contribution in [2.24, 2.45) is 0 Å². The van der Waals surface area contributed by atoms with Gasteiger partial charge in [0.25, 0.3) is 0 Å². The van der Waals surface area contributed by atoms with Crippen LogP contribution in [0, 0.1) is 6.92 Å². The molecule has 0 saturated heterocycles. The third kappa shape index (κ3) is 4.50. The van der Waals surface area contributed by atoms with Gasteiger partial charge in [-0.15, -0.1) is 0 Å². The zero-order valence-corrected chi connectivity index (χ0v) is 17.0. The van der Waals surface area contributed by atoms with E-state index in [9.17, 15) is 4.79 Å². The number of fused-ring (bicyclic) bond motifs is 1. The molecule has 4 rings (SSSR count). The molecule has 0 aliphatic rings. The maximum Gasteiger partial charge on any atom is 0.248 e. The Balaban J connectivity index is 1.56. The molecule has 3 aromatic carbocycles. The van der Waals surface area contributed by atoms with Crippen LogP contribution in [0.15, 0.2) is 71.2 Å². The van der Waals surface area contributed by atoms with Gasteiger partial charge >= 0.3 is 0 Å². The minimum atomic E-state index is -0.232. The summed E-state index contributed by atoms with van der Waals surface area (Å²) >= 11 is 11.9. The maximum atomic E-state index is 12.4. The van der Waals surface area contributed by atoms with Crippen LogP contribution in [-0.4, -0.2) is 10.9 Å². The minimum Gasteiger partial charge on any atom is -0.436 e. The zero-order valence-electron chi connectivity index (χ0n) is 15.4. The van der Waals surface area contributed by atoms with E-state index >= 15 is 0 Å². The Morgan fingerprint density at radius 3 is 2.55 bits per heavy atom. The first-order chi connectivity index (χ1) is 14.0. The first-order valence-electron chi connectivity index (χ1n) is 8.90. The van der Waals surface area contributed by atoms with Crippen LogP contribution in [-0.2, 0) is 4.79 Å². The predicted octanol–water partition coefficient (Wildman–Crippen LogP) is 6.76. The van der Waals surface area contributed by atoms with Crippen LogP contribution < -0.4 is 5.32 Å². The van der Waals surface area contributed by atoms with E-state index in [0.29, 0.717) is 32.7 Å². The van der Waals surface area contributed by atoms with Crippen LogP contribution in [0.5, 0.6) is 0 Å². The Morgan fingerprint density at radius 2 is 1.76 bits per heavy atom. The highest BCUT2D eigenvalue weighted by Crippen LogP contribution is 2.29. The fourth-order valence-electron chi connectivity index (χ4n) is 2.83. The van der Waals surface area contributed by atoms with E-state index in [2.05, 4.69) is 10.3 Å². The van der Waals surface area contributed by atoms with Crippen LogP contribution in [0.4, 0.5) is 5.69 Å². The van der Waals surface area contributed by atoms with Crippen molar-refractivity contribution in [3.63, 3.8) is 0 Å². The summed E-state index contributed by atoms with van der Waals surface area (Å²) < 4.78 is 5.82. The molecule has 4 aromatic rings. The molecule has 0 fully saturated rings. The van der Waals surface area contributed by atoms with Gasteiger partial charge in [0, 0.05) is 27.4 Å². The molecule has 0 bridgehead atoms. The second-order valence-electron chi connectivity index (χ2n) is 6.53. The smallest absolute Gasteiger partial charge is 0.248 e. The molecule has 1 heterocycles. The third-order valence-electron chi connectivity index (χ3n) is 4.39. The first kappa shape index (κ1) is 19.2. The maximum absolute atomic E-state index is 12.4. The van der Waals surface area contributed by atoms with Crippen molar-refractivity contribution in [1.29, 1.82) is 0 Å². The number of anilines is 1. The number of hydrogen-bond donors (Lipinski definition) is 1. The third-order valence-corrected chi connectivity index (χ3v) is 4.88. The summed E-state index contributed by atoms with van der Waals surface area (Å²) in [5, 5.41) is 4.15. The van der Waals surface area contributed by atoms with E-state index in [4.69, 9.17) is 27.6 Å². The number of aryl methyl sites for hydroxylation is 1. The van der Waals surface area contributed by atoms with Gasteiger partial charge in [0.05, 0.1) is 0 Å². The highest BCUT2D eigenvalue weighted by atomic mass is 35.5. The molecule has 29 heavy (non-hydrogen) atoms. The number of carbonyl (C=O) groups is 1. The molecule has 4 nitrogen and oxygen atoms in total. The standard InChI is InChI=1S/C23H16Cl2N2O2/c1-14-2-6-16(23-27-20-13-18(25)9-10-21(20)29-23)12-19(14)26-22(28)11-5-15-3-7-17(24)8-4-15/h2-13H,1H3,(H,26,28). The largest absolute Gasteiger partial charge is 0.436 e. The lowest BCUT2D eigenvalue weighted by Gasteiger charge is -2.08. The number of carbonyl (C=O) groups excluding carboxylic acids is 1. The Bertz CT molecular complexity index is 1230. The van der Waals surface area contributed by atoms with Crippen LogP contribution in [0.25, 0.3) is 28.6 Å². The monoisotopic (exact) mass is 422 g/mol. The molecule has 0 spiro atoms. The number of benzene rings is 3. The van der Waals surface area contributed by atoms with Gasteiger partial charge in [-0.1, -0.05) is 41.4 Å². The van der Waals surface area contributed by atoms with Gasteiger partial charge < -0.3 is 9.73 Å². The number of amides is 1. The van der Waals surface area contributed by atoms with Gasteiger partial charge in [-0.25, -0.2) is 4.98 Å². The fourth-order valence-corrected chi connectivity index (χ4v) is 3.13. The van der Waals surface area contributed by atoms with Crippen molar-refractivity contribution in [3.05, 3.63) is 87.9 Å². The van der Waals surface area contributed by atoms with E-state index in [-0.39, 0.29) is 5.91 Å². The Hall–Kier alpha value is -3.08. The van der Waals surface area contributed by atoms with Gasteiger partial charge in [-0.2, -0.15) is 0 Å². The fraction of sp³-hybridized carbons (Fsp3) is 0.0435. The summed E-state index contributed by atoms with van der Waals surface area (Å²) in [6.45, 7) is 1.92. The molecule has 144 valence electrons. The number of aromatic nitrogens is 1. The molecule has 0 atom stereocenters. The lowest BCUT2D eigenvalue weighted by atomic mass is 10.1. The highest BCUT2D eigenvalue weighted by Gasteiger charge is 2.11. The molecule has 6 heteroatoms. The van der Waals surface area contributed by atoms with Crippen molar-refractivity contribution in [2.75, 3.05) is 5.32 Å². The van der Waals surface area contributed by atoms with Crippen LogP contribution in [0.3, 0.4) is 0 Å². The minimum absolute atomic E-state index is 0.232. The summed E-state index contributed by atoms with van der Waals surface area (Å²) in [5.74, 6) is 0.235. The van der Waals surface area contributed by atoms with E-state index in [1.807, 2.05) is 37.3 Å². The van der Waals surface area contributed by atoms with E-state index < -0.39 is 0 Å². The molecule has 0 unspecified atom stereocenters. The van der Waals surface area contributed by atoms with E-state index in [1.54, 1.807) is 36.4 Å². The summed E-state index contributed by atoms with van der Waals surface area (Å²) in [6, 6.07) is 18.2. The quantitative estimate of drug-likeness (QED) is 0.369. The Kier molecular flexibility index (Phi) is 5.38. The second kappa shape index (κ2) is 8.11. The van der Waals surface area contributed by atoms with Crippen LogP contribution in [0.2, 0.25) is 10.0 Å². The average Bonchev–Trinajstić information content (AvgIpc) is 3.12. The Labute approximate surface area is 177 Å². The summed E-state index contributed by atoms with van der Waals surface area (Å²) in [5.41, 5.74) is 4.61. The lowest BCUT2D eigenvalue weighted by molar-refractivity contribution is -0.111. The lowest BCUT2D eigenvalue weighted by Crippen LogP contribution is -2.09. The topological polar surface area (TPSA) is 55.1 Å². The van der Waals surface area contributed by atoms with Crippen molar-refractivity contribution in [3.8, 4) is 11.5 Å². The van der Waals surface area contributed by atoms with E-state index in [1.165, 1.54) is 6.08 Å². The molecule has 0 saturated carbocycles. The summed E-state index contributed by atoms with van der Waals surface area (Å²) in [6.07, 6.45) is 3.21. The summed E-state index contributed by atoms with van der Waals surface area (Å²) in [4.78, 5) is 16.8. The van der Waals surface area contributed by atoms with Crippen molar-refractivity contribution in [2.45, 2.75) is 6.92 Å². The molecule has 0 aliphatic carbocycles. The molecule has 0 aliphatic heterocycles. The van der Waals surface area contributed by atoms with Crippen molar-refractivity contribution >= 4 is 52.0 Å². The first-order valence-corrected chi connectivity index (χ1v) is 9.65. The van der Waals surface area contributed by atoms with Gasteiger partial charge in [-0.3, -0.25) is 4.79 Å². The van der Waals surface area contributed by atoms with Gasteiger partial charge in [0.2, 0.25) is 11.8 Å². The highest BCUT2D eigenvalue weighted by molar-refractivity contribution is 6.31. The number of rotatable bonds is 4. The van der Waals surface area contributed by atoms with Crippen molar-refractivity contribution < 1.29 is 9.21 Å². The van der Waals surface area contributed by atoms with E-state index in [0.717, 1.165) is 16.7 Å². The molecular formula is C23H16Cl2N2O2. The van der Waals surface area contributed by atoms with Crippen LogP contribution >= 0.6 is 23.2 Å². The number of halogens is 2. The summed E-state index contributed by atoms with van der Waals surface area (Å²) in [7, 11) is 0. The molecular weight excluding hydrogens is 407 g/mol. The number of oxazole rings is 1. The predicted molar refractivity (Wildman–Crippen MR) is 118 cm³/mol. The number of hydrogen-bond acceptors (Lipinski definition) is 3. The zero-order chi connectivity index (χ0) is 20.4. The van der Waals surface area contributed by atoms with Gasteiger partial charge in [0.1, 0.15) is 5.52 Å². The van der Waals surface area contributed by atoms with Gasteiger partial charge in [0.15, 0.2) is 5.58 Å². The second-order valence-corrected chi connectivity index (χ2v) is 7.41. The van der Waals surface area contributed by atoms with Gasteiger partial charge in [-0.05, 0) is 66.6 Å². The normalized spacial score (nSPS) is 11.3. The molecule has 1 aromatic heterocycles. The molecule has 1 N–H and O–H groups in total. The molecule has 1 amide bonds. The number of nitrogens with one attached hydrogen (secondary N) is 1. The van der Waals surface area contributed by atoms with Crippen molar-refractivity contribution in [1.82, 2.24) is 4.98 Å². The van der Waals surface area contributed by atoms with Crippen LogP contribution in [0.1, 0.15) is 11.1 Å². The average molecular weight is 423 g/mol. The number of nitrogens with zero attached hydrogens (tertiary/aromatic N) is 1. The molecule has 0 radical (unpaired) electrons.